The SMILES string of the molecule is c1ccc2cc(-c3ccc(N(c4ccc5c(c4)sc4ccc6sc7c8ccccc8ccc7c6c45)c4cccc5oc6ccccc6c45)cc3)ccc2c1. The van der Waals surface area contributed by atoms with Crippen molar-refractivity contribution in [3.63, 3.8) is 0 Å². The van der Waals surface area contributed by atoms with Gasteiger partial charge in [0.1, 0.15) is 11.2 Å². The molecule has 0 aliphatic carbocycles. The van der Waals surface area contributed by atoms with Crippen LogP contribution < -0.4 is 4.90 Å². The van der Waals surface area contributed by atoms with E-state index in [1.165, 1.54) is 73.0 Å². The van der Waals surface area contributed by atoms with Crippen LogP contribution in [0.4, 0.5) is 17.1 Å². The summed E-state index contributed by atoms with van der Waals surface area (Å²) < 4.78 is 11.7. The number of anilines is 3. The molecule has 9 aromatic carbocycles. The largest absolute Gasteiger partial charge is 0.456 e. The summed E-state index contributed by atoms with van der Waals surface area (Å²) in [6.07, 6.45) is 0. The van der Waals surface area contributed by atoms with E-state index in [0.717, 1.165) is 39.0 Å². The molecule has 0 saturated heterocycles. The Hall–Kier alpha value is -6.46. The Balaban J connectivity index is 1.07. The van der Waals surface area contributed by atoms with Gasteiger partial charge in [0.15, 0.2) is 0 Å². The number of hydrogen-bond acceptors (Lipinski definition) is 4. The highest BCUT2D eigenvalue weighted by atomic mass is 32.1. The Labute approximate surface area is 318 Å². The molecule has 0 aliphatic heterocycles. The van der Waals surface area contributed by atoms with Crippen LogP contribution in [-0.4, -0.2) is 0 Å². The van der Waals surface area contributed by atoms with E-state index in [-0.39, 0.29) is 0 Å². The third-order valence-electron chi connectivity index (χ3n) is 11.0. The first-order valence-corrected chi connectivity index (χ1v) is 19.9. The molecule has 2 nitrogen and oxygen atoms in total. The Bertz CT molecular complexity index is 3460. The number of fused-ring (bicyclic) bond motifs is 13. The van der Waals surface area contributed by atoms with E-state index in [1.54, 1.807) is 0 Å². The quantitative estimate of drug-likeness (QED) is 0.180. The zero-order valence-electron chi connectivity index (χ0n) is 28.9. The molecule has 3 aromatic heterocycles. The summed E-state index contributed by atoms with van der Waals surface area (Å²) >= 11 is 3.79. The minimum atomic E-state index is 0.883. The van der Waals surface area contributed by atoms with Crippen molar-refractivity contribution < 1.29 is 4.42 Å². The van der Waals surface area contributed by atoms with Crippen molar-refractivity contribution in [1.82, 2.24) is 0 Å². The lowest BCUT2D eigenvalue weighted by molar-refractivity contribution is 0.669. The predicted molar refractivity (Wildman–Crippen MR) is 235 cm³/mol. The number of nitrogens with zero attached hydrogens (tertiary/aromatic N) is 1. The minimum Gasteiger partial charge on any atom is -0.456 e. The number of benzene rings is 9. The lowest BCUT2D eigenvalue weighted by Gasteiger charge is -2.26. The zero-order chi connectivity index (χ0) is 35.3. The number of hydrogen-bond donors (Lipinski definition) is 0. The summed E-state index contributed by atoms with van der Waals surface area (Å²) in [4.78, 5) is 2.40. The average molecular weight is 724 g/mol. The number of furan rings is 1. The number of para-hydroxylation sites is 1. The topological polar surface area (TPSA) is 16.4 Å². The minimum absolute atomic E-state index is 0.883. The van der Waals surface area contributed by atoms with E-state index in [9.17, 15) is 0 Å². The smallest absolute Gasteiger partial charge is 0.137 e. The van der Waals surface area contributed by atoms with Crippen LogP contribution in [0.15, 0.2) is 180 Å². The molecule has 0 unspecified atom stereocenters. The molecule has 12 rings (SSSR count). The van der Waals surface area contributed by atoms with Gasteiger partial charge in [0.05, 0.1) is 11.1 Å². The van der Waals surface area contributed by atoms with Crippen molar-refractivity contribution in [2.45, 2.75) is 0 Å². The average Bonchev–Trinajstić information content (AvgIpc) is 3.92. The third-order valence-corrected chi connectivity index (χ3v) is 13.4. The van der Waals surface area contributed by atoms with E-state index in [4.69, 9.17) is 4.42 Å². The molecule has 0 bridgehead atoms. The second-order valence-electron chi connectivity index (χ2n) is 14.1. The van der Waals surface area contributed by atoms with Gasteiger partial charge in [0.25, 0.3) is 0 Å². The molecule has 252 valence electrons. The van der Waals surface area contributed by atoms with Gasteiger partial charge < -0.3 is 9.32 Å². The molecule has 0 saturated carbocycles. The Morgan fingerprint density at radius 3 is 1.93 bits per heavy atom. The standard InChI is InChI=1S/C50H29NOS2/c1-2-10-33-28-34(17-16-30(33)8-1)31-18-21-35(22-19-31)51(41-13-7-15-43-47(41)38-12-5-6-14-42(38)52-43)36-23-25-39-46(29-36)53-44-26-27-45-49(48(39)44)40-24-20-32-9-3-4-11-37(32)50(40)54-45/h1-29H. The second kappa shape index (κ2) is 11.5. The van der Waals surface area contributed by atoms with Crippen LogP contribution in [0.2, 0.25) is 0 Å². The van der Waals surface area contributed by atoms with Crippen LogP contribution in [0.3, 0.4) is 0 Å². The highest BCUT2D eigenvalue weighted by molar-refractivity contribution is 7.28. The van der Waals surface area contributed by atoms with Gasteiger partial charge in [-0.05, 0) is 93.3 Å². The summed E-state index contributed by atoms with van der Waals surface area (Å²) in [7, 11) is 0. The fraction of sp³-hybridized carbons (Fsp3) is 0. The fourth-order valence-corrected chi connectivity index (χ4v) is 10.9. The number of thiophene rings is 2. The third kappa shape index (κ3) is 4.45. The van der Waals surface area contributed by atoms with Crippen molar-refractivity contribution in [2.24, 2.45) is 0 Å². The van der Waals surface area contributed by atoms with Crippen LogP contribution in [0.5, 0.6) is 0 Å². The van der Waals surface area contributed by atoms with Crippen molar-refractivity contribution in [1.29, 1.82) is 0 Å². The summed E-state index contributed by atoms with van der Waals surface area (Å²) in [5.74, 6) is 0. The molecule has 0 atom stereocenters. The highest BCUT2D eigenvalue weighted by Gasteiger charge is 2.21. The van der Waals surface area contributed by atoms with Gasteiger partial charge in [-0.3, -0.25) is 0 Å². The normalized spacial score (nSPS) is 12.1. The van der Waals surface area contributed by atoms with E-state index in [1.807, 2.05) is 28.7 Å². The maximum absolute atomic E-state index is 6.41. The molecule has 0 aliphatic rings. The van der Waals surface area contributed by atoms with Gasteiger partial charge in [-0.2, -0.15) is 0 Å². The Morgan fingerprint density at radius 2 is 1.04 bits per heavy atom. The maximum atomic E-state index is 6.41. The Morgan fingerprint density at radius 1 is 0.370 bits per heavy atom. The van der Waals surface area contributed by atoms with Crippen molar-refractivity contribution in [2.75, 3.05) is 4.90 Å². The van der Waals surface area contributed by atoms with E-state index >= 15 is 0 Å². The first-order chi connectivity index (χ1) is 26.7. The van der Waals surface area contributed by atoms with Crippen molar-refractivity contribution in [3.8, 4) is 11.1 Å². The van der Waals surface area contributed by atoms with Gasteiger partial charge in [-0.15, -0.1) is 22.7 Å². The lowest BCUT2D eigenvalue weighted by atomic mass is 10.0. The molecule has 3 heterocycles. The molecule has 12 aromatic rings. The first-order valence-electron chi connectivity index (χ1n) is 18.2. The van der Waals surface area contributed by atoms with E-state index in [2.05, 4.69) is 175 Å². The summed E-state index contributed by atoms with van der Waals surface area (Å²) in [5, 5.41) is 12.7. The van der Waals surface area contributed by atoms with Crippen LogP contribution in [0.1, 0.15) is 0 Å². The van der Waals surface area contributed by atoms with E-state index in [0.29, 0.717) is 0 Å². The zero-order valence-corrected chi connectivity index (χ0v) is 30.5. The van der Waals surface area contributed by atoms with Crippen LogP contribution in [0, 0.1) is 0 Å². The molecular weight excluding hydrogens is 695 g/mol. The van der Waals surface area contributed by atoms with Gasteiger partial charge in [0.2, 0.25) is 0 Å². The van der Waals surface area contributed by atoms with Crippen LogP contribution >= 0.6 is 22.7 Å². The lowest BCUT2D eigenvalue weighted by Crippen LogP contribution is -2.10. The highest BCUT2D eigenvalue weighted by Crippen LogP contribution is 2.49. The molecule has 54 heavy (non-hydrogen) atoms. The van der Waals surface area contributed by atoms with E-state index < -0.39 is 0 Å². The fourth-order valence-electron chi connectivity index (χ4n) is 8.53. The van der Waals surface area contributed by atoms with Crippen LogP contribution in [0.25, 0.3) is 95.0 Å². The molecule has 0 N–H and O–H groups in total. The molecular formula is C50H29NOS2. The monoisotopic (exact) mass is 723 g/mol. The summed E-state index contributed by atoms with van der Waals surface area (Å²) in [6.45, 7) is 0. The maximum Gasteiger partial charge on any atom is 0.137 e. The van der Waals surface area contributed by atoms with Gasteiger partial charge in [-0.25, -0.2) is 0 Å². The van der Waals surface area contributed by atoms with Crippen molar-refractivity contribution >= 4 is 124 Å². The van der Waals surface area contributed by atoms with Crippen LogP contribution in [-0.2, 0) is 0 Å². The van der Waals surface area contributed by atoms with Gasteiger partial charge >= 0.3 is 0 Å². The molecule has 4 heteroatoms. The Kier molecular flexibility index (Phi) is 6.41. The first kappa shape index (κ1) is 30.0. The summed E-state index contributed by atoms with van der Waals surface area (Å²) in [6, 6.07) is 64.1. The van der Waals surface area contributed by atoms with Gasteiger partial charge in [0, 0.05) is 57.1 Å². The molecule has 0 radical (unpaired) electrons. The second-order valence-corrected chi connectivity index (χ2v) is 16.2. The molecule has 0 spiro atoms. The predicted octanol–water partition coefficient (Wildman–Crippen LogP) is 15.8. The van der Waals surface area contributed by atoms with Gasteiger partial charge in [-0.1, -0.05) is 115 Å². The van der Waals surface area contributed by atoms with Crippen molar-refractivity contribution in [3.05, 3.63) is 176 Å². The molecule has 0 amide bonds. The summed E-state index contributed by atoms with van der Waals surface area (Å²) in [5.41, 5.74) is 7.48. The number of rotatable bonds is 4. The molecule has 0 fully saturated rings.